The molecule has 1 heterocycles. The molecule has 0 amide bonds. The molecule has 0 aliphatic rings. The van der Waals surface area contributed by atoms with Crippen LogP contribution >= 0.6 is 11.6 Å². The average Bonchev–Trinajstić information content (AvgIpc) is 2.02. The minimum atomic E-state index is 0.792. The second-order valence-corrected chi connectivity index (χ2v) is 3.65. The SMILES string of the molecule is Cc1cc(Cl)c2c(C)nccc2c1. The van der Waals surface area contributed by atoms with Gasteiger partial charge in [-0.05, 0) is 36.9 Å². The van der Waals surface area contributed by atoms with E-state index in [1.54, 1.807) is 0 Å². The summed E-state index contributed by atoms with van der Waals surface area (Å²) in [7, 11) is 0. The third kappa shape index (κ3) is 1.40. The van der Waals surface area contributed by atoms with E-state index in [1.807, 2.05) is 32.2 Å². The summed E-state index contributed by atoms with van der Waals surface area (Å²) in [6, 6.07) is 6.08. The monoisotopic (exact) mass is 191 g/mol. The van der Waals surface area contributed by atoms with Crippen LogP contribution in [0.15, 0.2) is 24.4 Å². The first-order chi connectivity index (χ1) is 6.18. The highest BCUT2D eigenvalue weighted by Gasteiger charge is 2.03. The zero-order chi connectivity index (χ0) is 9.42. The molecule has 13 heavy (non-hydrogen) atoms. The number of pyridine rings is 1. The first-order valence-electron chi connectivity index (χ1n) is 4.20. The zero-order valence-corrected chi connectivity index (χ0v) is 8.39. The van der Waals surface area contributed by atoms with Gasteiger partial charge in [-0.1, -0.05) is 17.7 Å². The smallest absolute Gasteiger partial charge is 0.0505 e. The van der Waals surface area contributed by atoms with Gasteiger partial charge < -0.3 is 0 Å². The van der Waals surface area contributed by atoms with Gasteiger partial charge >= 0.3 is 0 Å². The minimum Gasteiger partial charge on any atom is -0.261 e. The van der Waals surface area contributed by atoms with Crippen LogP contribution in [-0.2, 0) is 0 Å². The Morgan fingerprint density at radius 1 is 1.23 bits per heavy atom. The van der Waals surface area contributed by atoms with Crippen molar-refractivity contribution in [3.05, 3.63) is 40.7 Å². The van der Waals surface area contributed by atoms with Crippen LogP contribution in [0.4, 0.5) is 0 Å². The Hall–Kier alpha value is -1.08. The summed E-state index contributed by atoms with van der Waals surface area (Å²) in [5.74, 6) is 0. The molecule has 0 N–H and O–H groups in total. The minimum absolute atomic E-state index is 0.792. The van der Waals surface area contributed by atoms with Gasteiger partial charge in [0.05, 0.1) is 5.02 Å². The van der Waals surface area contributed by atoms with Gasteiger partial charge in [-0.25, -0.2) is 0 Å². The van der Waals surface area contributed by atoms with Crippen molar-refractivity contribution in [2.75, 3.05) is 0 Å². The van der Waals surface area contributed by atoms with Gasteiger partial charge in [0.1, 0.15) is 0 Å². The van der Waals surface area contributed by atoms with E-state index in [0.717, 1.165) is 21.5 Å². The molecule has 0 aliphatic carbocycles. The Bertz CT molecular complexity index is 463. The molecule has 0 radical (unpaired) electrons. The number of hydrogen-bond donors (Lipinski definition) is 0. The van der Waals surface area contributed by atoms with Crippen molar-refractivity contribution in [3.63, 3.8) is 0 Å². The Morgan fingerprint density at radius 3 is 2.77 bits per heavy atom. The molecule has 0 bridgehead atoms. The van der Waals surface area contributed by atoms with Gasteiger partial charge in [-0.15, -0.1) is 0 Å². The number of nitrogens with zero attached hydrogens (tertiary/aromatic N) is 1. The molecule has 2 aromatic rings. The highest BCUT2D eigenvalue weighted by Crippen LogP contribution is 2.26. The van der Waals surface area contributed by atoms with E-state index in [1.165, 1.54) is 5.56 Å². The Morgan fingerprint density at radius 2 is 2.00 bits per heavy atom. The molecule has 2 rings (SSSR count). The Kier molecular flexibility index (Phi) is 1.97. The largest absolute Gasteiger partial charge is 0.261 e. The van der Waals surface area contributed by atoms with Crippen LogP contribution in [-0.4, -0.2) is 4.98 Å². The van der Waals surface area contributed by atoms with Crippen molar-refractivity contribution < 1.29 is 0 Å². The maximum Gasteiger partial charge on any atom is 0.0505 e. The number of benzene rings is 1. The maximum atomic E-state index is 6.13. The van der Waals surface area contributed by atoms with Crippen LogP contribution in [0.25, 0.3) is 10.8 Å². The van der Waals surface area contributed by atoms with Gasteiger partial charge in [0.15, 0.2) is 0 Å². The summed E-state index contributed by atoms with van der Waals surface area (Å²) in [6.45, 7) is 4.02. The number of hydrogen-bond acceptors (Lipinski definition) is 1. The summed E-state index contributed by atoms with van der Waals surface area (Å²) in [6.07, 6.45) is 1.81. The van der Waals surface area contributed by atoms with Gasteiger partial charge in [-0.3, -0.25) is 4.98 Å². The van der Waals surface area contributed by atoms with Crippen molar-refractivity contribution in [3.8, 4) is 0 Å². The van der Waals surface area contributed by atoms with Crippen LogP contribution in [0.3, 0.4) is 0 Å². The van der Waals surface area contributed by atoms with E-state index in [4.69, 9.17) is 11.6 Å². The van der Waals surface area contributed by atoms with E-state index in [0.29, 0.717) is 0 Å². The van der Waals surface area contributed by atoms with Crippen LogP contribution < -0.4 is 0 Å². The summed E-state index contributed by atoms with van der Waals surface area (Å²) in [5, 5.41) is 3.02. The average molecular weight is 192 g/mol. The van der Waals surface area contributed by atoms with Crippen LogP contribution in [0.5, 0.6) is 0 Å². The highest BCUT2D eigenvalue weighted by atomic mass is 35.5. The van der Waals surface area contributed by atoms with Crippen LogP contribution in [0, 0.1) is 13.8 Å². The quantitative estimate of drug-likeness (QED) is 0.621. The lowest BCUT2D eigenvalue weighted by atomic mass is 10.1. The predicted octanol–water partition coefficient (Wildman–Crippen LogP) is 3.51. The molecule has 2 heteroatoms. The van der Waals surface area contributed by atoms with E-state index < -0.39 is 0 Å². The van der Waals surface area contributed by atoms with Crippen molar-refractivity contribution in [2.24, 2.45) is 0 Å². The molecule has 0 saturated heterocycles. The maximum absolute atomic E-state index is 6.13. The molecule has 66 valence electrons. The molecule has 0 saturated carbocycles. The fourth-order valence-electron chi connectivity index (χ4n) is 1.58. The molecule has 0 atom stereocenters. The summed E-state index contributed by atoms with van der Waals surface area (Å²) in [5.41, 5.74) is 2.17. The Balaban J connectivity index is 2.94. The third-order valence-corrected chi connectivity index (χ3v) is 2.45. The van der Waals surface area contributed by atoms with Crippen molar-refractivity contribution >= 4 is 22.4 Å². The van der Waals surface area contributed by atoms with E-state index >= 15 is 0 Å². The van der Waals surface area contributed by atoms with E-state index in [2.05, 4.69) is 11.1 Å². The lowest BCUT2D eigenvalue weighted by Gasteiger charge is -2.04. The first kappa shape index (κ1) is 8.52. The lowest BCUT2D eigenvalue weighted by Crippen LogP contribution is -1.85. The van der Waals surface area contributed by atoms with Crippen LogP contribution in [0.2, 0.25) is 5.02 Å². The molecule has 1 aromatic heterocycles. The van der Waals surface area contributed by atoms with Gasteiger partial charge in [0, 0.05) is 17.3 Å². The molecule has 1 nitrogen and oxygen atoms in total. The second kappa shape index (κ2) is 3.00. The fourth-order valence-corrected chi connectivity index (χ4v) is 1.99. The van der Waals surface area contributed by atoms with Crippen molar-refractivity contribution in [1.82, 2.24) is 4.98 Å². The zero-order valence-electron chi connectivity index (χ0n) is 7.63. The lowest BCUT2D eigenvalue weighted by molar-refractivity contribution is 1.23. The summed E-state index contributed by atoms with van der Waals surface area (Å²) in [4.78, 5) is 4.21. The van der Waals surface area contributed by atoms with Gasteiger partial charge in [0.25, 0.3) is 0 Å². The van der Waals surface area contributed by atoms with Gasteiger partial charge in [0.2, 0.25) is 0 Å². The van der Waals surface area contributed by atoms with E-state index in [-0.39, 0.29) is 0 Å². The number of aromatic nitrogens is 1. The predicted molar refractivity (Wildman–Crippen MR) is 56.2 cm³/mol. The Labute approximate surface area is 82.4 Å². The molecular formula is C11H10ClN. The molecule has 0 unspecified atom stereocenters. The fraction of sp³-hybridized carbons (Fsp3) is 0.182. The highest BCUT2D eigenvalue weighted by molar-refractivity contribution is 6.35. The summed E-state index contributed by atoms with van der Waals surface area (Å²) >= 11 is 6.13. The number of fused-ring (bicyclic) bond motifs is 1. The molecule has 1 aromatic carbocycles. The summed E-state index contributed by atoms with van der Waals surface area (Å²) < 4.78 is 0. The number of halogens is 1. The molecule has 0 aliphatic heterocycles. The standard InChI is InChI=1S/C11H10ClN/c1-7-5-9-3-4-13-8(2)11(9)10(12)6-7/h3-6H,1-2H3. The van der Waals surface area contributed by atoms with E-state index in [9.17, 15) is 0 Å². The third-order valence-electron chi connectivity index (χ3n) is 2.15. The first-order valence-corrected chi connectivity index (χ1v) is 4.58. The van der Waals surface area contributed by atoms with Crippen LogP contribution in [0.1, 0.15) is 11.3 Å². The van der Waals surface area contributed by atoms with Crippen molar-refractivity contribution in [1.29, 1.82) is 0 Å². The molecule has 0 spiro atoms. The van der Waals surface area contributed by atoms with Crippen molar-refractivity contribution in [2.45, 2.75) is 13.8 Å². The topological polar surface area (TPSA) is 12.9 Å². The van der Waals surface area contributed by atoms with Gasteiger partial charge in [-0.2, -0.15) is 0 Å². The number of rotatable bonds is 0. The normalized spacial score (nSPS) is 10.7. The number of aryl methyl sites for hydroxylation is 2. The molecule has 0 fully saturated rings. The second-order valence-electron chi connectivity index (χ2n) is 3.24. The molecular weight excluding hydrogens is 182 g/mol.